The van der Waals surface area contributed by atoms with E-state index in [1.807, 2.05) is 36.4 Å². The fourth-order valence-electron chi connectivity index (χ4n) is 2.79. The van der Waals surface area contributed by atoms with E-state index in [0.717, 1.165) is 20.6 Å². The van der Waals surface area contributed by atoms with Gasteiger partial charge in [-0.05, 0) is 57.0 Å². The van der Waals surface area contributed by atoms with Crippen molar-refractivity contribution in [1.82, 2.24) is 4.98 Å². The van der Waals surface area contributed by atoms with E-state index in [2.05, 4.69) is 36.8 Å². The summed E-state index contributed by atoms with van der Waals surface area (Å²) < 4.78 is 6.86. The molecule has 4 aromatic rings. The first-order chi connectivity index (χ1) is 12.5. The number of phenols is 1. The average Bonchev–Trinajstić information content (AvgIpc) is 2.64. The lowest BCUT2D eigenvalue weighted by atomic mass is 10.1. The summed E-state index contributed by atoms with van der Waals surface area (Å²) in [5.74, 6) is -0.459. The Morgan fingerprint density at radius 3 is 2.65 bits per heavy atom. The van der Waals surface area contributed by atoms with Crippen molar-refractivity contribution >= 4 is 59.5 Å². The van der Waals surface area contributed by atoms with Gasteiger partial charge >= 0.3 is 5.97 Å². The Balaban J connectivity index is 1.80. The smallest absolute Gasteiger partial charge is 0.347 e. The Labute approximate surface area is 165 Å². The molecule has 0 aliphatic heterocycles. The molecule has 0 amide bonds. The van der Waals surface area contributed by atoms with Crippen LogP contribution in [0.3, 0.4) is 0 Å². The Kier molecular flexibility index (Phi) is 4.38. The highest BCUT2D eigenvalue weighted by Gasteiger charge is 2.20. The molecule has 4 rings (SSSR count). The normalized spacial score (nSPS) is 11.0. The van der Waals surface area contributed by atoms with Crippen LogP contribution in [-0.4, -0.2) is 16.1 Å². The van der Waals surface area contributed by atoms with E-state index < -0.39 is 5.97 Å². The number of halogens is 2. The van der Waals surface area contributed by atoms with Gasteiger partial charge in [-0.1, -0.05) is 40.2 Å². The van der Waals surface area contributed by atoms with Gasteiger partial charge in [0.15, 0.2) is 5.75 Å². The Hall–Kier alpha value is -2.44. The van der Waals surface area contributed by atoms with Crippen molar-refractivity contribution in [2.24, 2.45) is 0 Å². The fraction of sp³-hybridized carbons (Fsp3) is 0. The number of hydrogen-bond acceptors (Lipinski definition) is 4. The molecule has 0 fully saturated rings. The van der Waals surface area contributed by atoms with Crippen LogP contribution >= 0.6 is 31.9 Å². The number of carbonyl (C=O) groups is 1. The van der Waals surface area contributed by atoms with Gasteiger partial charge in [0.25, 0.3) is 0 Å². The first kappa shape index (κ1) is 17.0. The van der Waals surface area contributed by atoms with Crippen molar-refractivity contribution in [3.63, 3.8) is 0 Å². The number of carbonyl (C=O) groups excluding carboxylic acids is 1. The zero-order valence-electron chi connectivity index (χ0n) is 13.2. The number of phenolic OH excluding ortho intramolecular Hbond substituents is 1. The maximum absolute atomic E-state index is 12.7. The molecule has 0 bridgehead atoms. The SMILES string of the molecule is O=C(Oc1cccc2cccnc12)c1cc2cc(Br)ccc2c(Br)c1O. The number of pyridine rings is 1. The molecule has 1 aromatic heterocycles. The number of aromatic hydroxyl groups is 1. The topological polar surface area (TPSA) is 59.4 Å². The van der Waals surface area contributed by atoms with Gasteiger partial charge in [-0.25, -0.2) is 4.79 Å². The number of benzene rings is 3. The highest BCUT2D eigenvalue weighted by atomic mass is 79.9. The van der Waals surface area contributed by atoms with Gasteiger partial charge < -0.3 is 9.84 Å². The minimum atomic E-state index is -0.650. The predicted octanol–water partition coefficient (Wildman–Crippen LogP) is 5.84. The highest BCUT2D eigenvalue weighted by Crippen LogP contribution is 2.37. The average molecular weight is 473 g/mol. The fourth-order valence-corrected chi connectivity index (χ4v) is 3.75. The van der Waals surface area contributed by atoms with Gasteiger partial charge in [0.2, 0.25) is 0 Å². The van der Waals surface area contributed by atoms with Crippen molar-refractivity contribution in [3.8, 4) is 11.5 Å². The largest absolute Gasteiger partial charge is 0.506 e. The van der Waals surface area contributed by atoms with Crippen LogP contribution in [0, 0.1) is 0 Å². The van der Waals surface area contributed by atoms with Crippen molar-refractivity contribution < 1.29 is 14.6 Å². The molecule has 0 radical (unpaired) electrons. The van der Waals surface area contributed by atoms with E-state index in [4.69, 9.17) is 4.74 Å². The van der Waals surface area contributed by atoms with Crippen molar-refractivity contribution in [1.29, 1.82) is 0 Å². The van der Waals surface area contributed by atoms with Crippen LogP contribution in [0.2, 0.25) is 0 Å². The molecule has 4 nitrogen and oxygen atoms in total. The summed E-state index contributed by atoms with van der Waals surface area (Å²) in [5, 5.41) is 12.9. The van der Waals surface area contributed by atoms with Gasteiger partial charge in [-0.15, -0.1) is 0 Å². The molecule has 1 heterocycles. The molecule has 0 aliphatic rings. The molecule has 0 unspecified atom stereocenters. The highest BCUT2D eigenvalue weighted by molar-refractivity contribution is 9.11. The summed E-state index contributed by atoms with van der Waals surface area (Å²) in [5.41, 5.74) is 0.667. The van der Waals surface area contributed by atoms with E-state index in [1.165, 1.54) is 0 Å². The number of para-hydroxylation sites is 1. The Bertz CT molecular complexity index is 1170. The molecule has 0 spiro atoms. The maximum atomic E-state index is 12.7. The summed E-state index contributed by atoms with van der Waals surface area (Å²) in [7, 11) is 0. The molecule has 128 valence electrons. The third kappa shape index (κ3) is 2.95. The van der Waals surface area contributed by atoms with E-state index in [0.29, 0.717) is 15.7 Å². The minimum Gasteiger partial charge on any atom is -0.506 e. The minimum absolute atomic E-state index is 0.0791. The van der Waals surface area contributed by atoms with Crippen LogP contribution in [0.25, 0.3) is 21.7 Å². The number of nitrogens with zero attached hydrogens (tertiary/aromatic N) is 1. The molecular weight excluding hydrogens is 462 g/mol. The van der Waals surface area contributed by atoms with Gasteiger partial charge in [0, 0.05) is 16.1 Å². The second kappa shape index (κ2) is 6.70. The third-order valence-corrected chi connectivity index (χ3v) is 5.33. The standard InChI is InChI=1S/C20H11Br2NO3/c21-13-6-7-14-12(9-13)10-15(19(24)17(14)22)20(25)26-16-5-1-3-11-4-2-8-23-18(11)16/h1-10,24H. The molecule has 0 aliphatic carbocycles. The Morgan fingerprint density at radius 1 is 1.00 bits per heavy atom. The van der Waals surface area contributed by atoms with Gasteiger partial charge in [0.1, 0.15) is 16.8 Å². The molecule has 0 saturated heterocycles. The van der Waals surface area contributed by atoms with Crippen LogP contribution in [0.5, 0.6) is 11.5 Å². The molecule has 3 aromatic carbocycles. The number of fused-ring (bicyclic) bond motifs is 2. The summed E-state index contributed by atoms with van der Waals surface area (Å²) >= 11 is 6.78. The molecule has 6 heteroatoms. The van der Waals surface area contributed by atoms with Gasteiger partial charge in [-0.3, -0.25) is 4.98 Å². The number of esters is 1. The van der Waals surface area contributed by atoms with Crippen molar-refractivity contribution in [2.75, 3.05) is 0 Å². The zero-order chi connectivity index (χ0) is 18.3. The van der Waals surface area contributed by atoms with Crippen LogP contribution in [0.1, 0.15) is 10.4 Å². The summed E-state index contributed by atoms with van der Waals surface area (Å²) in [6.45, 7) is 0. The Morgan fingerprint density at radius 2 is 1.81 bits per heavy atom. The van der Waals surface area contributed by atoms with Crippen molar-refractivity contribution in [2.45, 2.75) is 0 Å². The van der Waals surface area contributed by atoms with Gasteiger partial charge in [0.05, 0.1) is 4.47 Å². The maximum Gasteiger partial charge on any atom is 0.347 e. The predicted molar refractivity (Wildman–Crippen MR) is 108 cm³/mol. The van der Waals surface area contributed by atoms with Crippen molar-refractivity contribution in [3.05, 3.63) is 75.3 Å². The number of aromatic nitrogens is 1. The van der Waals surface area contributed by atoms with E-state index in [1.54, 1.807) is 24.4 Å². The van der Waals surface area contributed by atoms with Crippen LogP contribution in [-0.2, 0) is 0 Å². The van der Waals surface area contributed by atoms with E-state index in [9.17, 15) is 9.90 Å². The third-order valence-electron chi connectivity index (χ3n) is 4.03. The summed E-state index contributed by atoms with van der Waals surface area (Å²) in [6.07, 6.45) is 1.64. The lowest BCUT2D eigenvalue weighted by Gasteiger charge is -2.11. The zero-order valence-corrected chi connectivity index (χ0v) is 16.4. The lowest BCUT2D eigenvalue weighted by molar-refractivity contribution is 0.0734. The summed E-state index contributed by atoms with van der Waals surface area (Å²) in [6, 6.07) is 16.3. The van der Waals surface area contributed by atoms with Crippen LogP contribution in [0.4, 0.5) is 0 Å². The first-order valence-electron chi connectivity index (χ1n) is 7.71. The van der Waals surface area contributed by atoms with Gasteiger partial charge in [-0.2, -0.15) is 0 Å². The second-order valence-corrected chi connectivity index (χ2v) is 7.38. The monoisotopic (exact) mass is 471 g/mol. The number of ether oxygens (including phenoxy) is 1. The van der Waals surface area contributed by atoms with Crippen LogP contribution in [0.15, 0.2) is 69.7 Å². The lowest BCUT2D eigenvalue weighted by Crippen LogP contribution is -2.09. The molecular formula is C20H11Br2NO3. The number of hydrogen-bond donors (Lipinski definition) is 1. The number of rotatable bonds is 2. The van der Waals surface area contributed by atoms with E-state index >= 15 is 0 Å². The molecule has 26 heavy (non-hydrogen) atoms. The summed E-state index contributed by atoms with van der Waals surface area (Å²) in [4.78, 5) is 17.0. The molecule has 0 atom stereocenters. The first-order valence-corrected chi connectivity index (χ1v) is 9.30. The second-order valence-electron chi connectivity index (χ2n) is 5.67. The molecule has 1 N–H and O–H groups in total. The van der Waals surface area contributed by atoms with Crippen LogP contribution < -0.4 is 4.74 Å². The quantitative estimate of drug-likeness (QED) is 0.294. The van der Waals surface area contributed by atoms with E-state index in [-0.39, 0.29) is 11.3 Å². The molecule has 0 saturated carbocycles.